The van der Waals surface area contributed by atoms with Gasteiger partial charge in [0.1, 0.15) is 0 Å². The summed E-state index contributed by atoms with van der Waals surface area (Å²) in [6, 6.07) is 4.14. The van der Waals surface area contributed by atoms with Crippen molar-refractivity contribution in [3.05, 3.63) is 29.8 Å². The van der Waals surface area contributed by atoms with Crippen molar-refractivity contribution in [3.8, 4) is 0 Å². The molecule has 0 aromatic heterocycles. The Kier molecular flexibility index (Phi) is 4.38. The summed E-state index contributed by atoms with van der Waals surface area (Å²) in [6.07, 6.45) is -6.46. The van der Waals surface area contributed by atoms with Gasteiger partial charge in [0.25, 0.3) is 10.0 Å². The van der Waals surface area contributed by atoms with Crippen LogP contribution in [0.3, 0.4) is 0 Å². The first-order valence-electron chi connectivity index (χ1n) is 5.00. The molecule has 0 atom stereocenters. The molecule has 21 heavy (non-hydrogen) atoms. The van der Waals surface area contributed by atoms with Crippen molar-refractivity contribution in [2.45, 2.75) is 23.3 Å². The zero-order valence-electron chi connectivity index (χ0n) is 10.1. The Bertz CT molecular complexity index is 722. The number of halogens is 5. The lowest BCUT2D eigenvalue weighted by Gasteiger charge is -2.19. The highest BCUT2D eigenvalue weighted by molar-refractivity contribution is 8.05. The topological polar surface area (TPSA) is 80.3 Å². The Balaban J connectivity index is 3.23. The smallest absolute Gasteiger partial charge is 0.206 e. The summed E-state index contributed by atoms with van der Waals surface area (Å²) >= 11 is 0. The van der Waals surface area contributed by atoms with E-state index in [-0.39, 0.29) is 0 Å². The lowest BCUT2D eigenvalue weighted by atomic mass is 10.2. The molecule has 0 radical (unpaired) electrons. The van der Waals surface area contributed by atoms with Crippen molar-refractivity contribution in [2.24, 2.45) is 0 Å². The fraction of sp³-hybridized carbons (Fsp3) is 0.333. The zero-order valence-corrected chi connectivity index (χ0v) is 11.8. The molecule has 0 unspecified atom stereocenters. The molecular formula is C9H8F5NO4S2. The lowest BCUT2D eigenvalue weighted by Crippen LogP contribution is -2.51. The summed E-state index contributed by atoms with van der Waals surface area (Å²) in [5.41, 5.74) is 0.567. The summed E-state index contributed by atoms with van der Waals surface area (Å²) in [6.45, 7) is 1.55. The number of nitrogens with one attached hydrogen (secondary N) is 1. The maximum Gasteiger partial charge on any atom is 0.471 e. The fourth-order valence-electron chi connectivity index (χ4n) is 1.11. The second-order valence-corrected chi connectivity index (χ2v) is 7.58. The van der Waals surface area contributed by atoms with Gasteiger partial charge in [0.15, 0.2) is 0 Å². The van der Waals surface area contributed by atoms with Crippen LogP contribution in [0.1, 0.15) is 5.56 Å². The SMILES string of the molecule is Cc1ccc(S(=O)(=O)NS(=O)(=O)C(F)(F)C(F)(F)F)cc1. The molecular weight excluding hydrogens is 345 g/mol. The van der Waals surface area contributed by atoms with E-state index in [0.717, 1.165) is 12.1 Å². The molecule has 0 fully saturated rings. The van der Waals surface area contributed by atoms with Gasteiger partial charge in [-0.15, -0.1) is 0 Å². The lowest BCUT2D eigenvalue weighted by molar-refractivity contribution is -0.241. The zero-order chi connectivity index (χ0) is 16.7. The molecule has 0 aliphatic rings. The van der Waals surface area contributed by atoms with Gasteiger partial charge in [0, 0.05) is 0 Å². The van der Waals surface area contributed by atoms with E-state index >= 15 is 0 Å². The number of hydrogen-bond acceptors (Lipinski definition) is 4. The molecule has 0 aliphatic heterocycles. The number of alkyl halides is 5. The van der Waals surface area contributed by atoms with Crippen molar-refractivity contribution in [2.75, 3.05) is 0 Å². The van der Waals surface area contributed by atoms with Crippen LogP contribution in [0.25, 0.3) is 0 Å². The molecule has 0 saturated heterocycles. The third kappa shape index (κ3) is 3.49. The van der Waals surface area contributed by atoms with Gasteiger partial charge in [-0.3, -0.25) is 0 Å². The van der Waals surface area contributed by atoms with Crippen LogP contribution in [-0.4, -0.2) is 28.3 Å². The Morgan fingerprint density at radius 3 is 1.71 bits per heavy atom. The summed E-state index contributed by atoms with van der Waals surface area (Å²) in [7, 11) is -11.6. The molecule has 12 heteroatoms. The highest BCUT2D eigenvalue weighted by Gasteiger charge is 2.68. The van der Waals surface area contributed by atoms with Crippen LogP contribution in [-0.2, 0) is 20.0 Å². The minimum atomic E-state index is -6.53. The molecule has 0 aliphatic carbocycles. The molecule has 0 bridgehead atoms. The highest BCUT2D eigenvalue weighted by atomic mass is 32.3. The predicted octanol–water partition coefficient (Wildman–Crippen LogP) is 1.76. The normalized spacial score (nSPS) is 14.2. The van der Waals surface area contributed by atoms with E-state index < -0.39 is 36.4 Å². The maximum absolute atomic E-state index is 12.8. The first-order valence-corrected chi connectivity index (χ1v) is 7.97. The molecule has 1 aromatic rings. The molecule has 0 spiro atoms. The van der Waals surface area contributed by atoms with Crippen LogP contribution in [0.5, 0.6) is 0 Å². The quantitative estimate of drug-likeness (QED) is 0.837. The third-order valence-electron chi connectivity index (χ3n) is 2.22. The molecule has 1 N–H and O–H groups in total. The van der Waals surface area contributed by atoms with Crippen LogP contribution in [0, 0.1) is 6.92 Å². The number of aryl methyl sites for hydroxylation is 1. The minimum absolute atomic E-state index is 0.390. The molecule has 1 rings (SSSR count). The van der Waals surface area contributed by atoms with Gasteiger partial charge in [-0.2, -0.15) is 22.0 Å². The number of benzene rings is 1. The van der Waals surface area contributed by atoms with Crippen LogP contribution >= 0.6 is 0 Å². The standard InChI is InChI=1S/C9H8F5NO4S2/c1-6-2-4-7(5-3-6)20(16,17)15-21(18,19)9(13,14)8(10,11)12/h2-5,15H,1H3. The van der Waals surface area contributed by atoms with Crippen molar-refractivity contribution in [1.82, 2.24) is 4.13 Å². The van der Waals surface area contributed by atoms with Gasteiger partial charge in [-0.1, -0.05) is 21.8 Å². The Hall–Kier alpha value is -1.27. The summed E-state index contributed by atoms with van der Waals surface area (Å²) in [4.78, 5) is -0.769. The van der Waals surface area contributed by atoms with Gasteiger partial charge in [-0.25, -0.2) is 16.8 Å². The highest BCUT2D eigenvalue weighted by Crippen LogP contribution is 2.39. The van der Waals surface area contributed by atoms with E-state index in [9.17, 15) is 38.8 Å². The van der Waals surface area contributed by atoms with Crippen molar-refractivity contribution in [3.63, 3.8) is 0 Å². The molecule has 0 amide bonds. The second kappa shape index (κ2) is 5.18. The third-order valence-corrected chi connectivity index (χ3v) is 5.77. The van der Waals surface area contributed by atoms with Crippen molar-refractivity contribution >= 4 is 20.0 Å². The average molecular weight is 353 g/mol. The first-order chi connectivity index (χ1) is 9.21. The minimum Gasteiger partial charge on any atom is -0.206 e. The van der Waals surface area contributed by atoms with E-state index in [0.29, 0.717) is 9.69 Å². The Morgan fingerprint density at radius 1 is 0.905 bits per heavy atom. The predicted molar refractivity (Wildman–Crippen MR) is 61.4 cm³/mol. The van der Waals surface area contributed by atoms with Gasteiger partial charge in [-0.05, 0) is 19.1 Å². The summed E-state index contributed by atoms with van der Waals surface area (Å²) in [5.74, 6) is 0. The average Bonchev–Trinajstić information content (AvgIpc) is 2.26. The van der Waals surface area contributed by atoms with Gasteiger partial charge in [0.2, 0.25) is 0 Å². The fourth-order valence-corrected chi connectivity index (χ4v) is 3.87. The van der Waals surface area contributed by atoms with E-state index in [4.69, 9.17) is 0 Å². The van der Waals surface area contributed by atoms with Crippen LogP contribution < -0.4 is 4.13 Å². The number of rotatable bonds is 4. The monoisotopic (exact) mass is 353 g/mol. The summed E-state index contributed by atoms with van der Waals surface area (Å²) < 4.78 is 107. The number of sulfonamides is 2. The van der Waals surface area contributed by atoms with E-state index in [1.165, 1.54) is 12.1 Å². The number of hydrogen-bond donors (Lipinski definition) is 1. The van der Waals surface area contributed by atoms with Gasteiger partial charge >= 0.3 is 21.5 Å². The van der Waals surface area contributed by atoms with E-state index in [1.54, 1.807) is 6.92 Å². The Labute approximate surface area is 116 Å². The first kappa shape index (κ1) is 17.8. The molecule has 0 saturated carbocycles. The molecule has 5 nitrogen and oxygen atoms in total. The molecule has 1 aromatic carbocycles. The van der Waals surface area contributed by atoms with E-state index in [2.05, 4.69) is 0 Å². The van der Waals surface area contributed by atoms with Crippen LogP contribution in [0.15, 0.2) is 29.2 Å². The van der Waals surface area contributed by atoms with Crippen molar-refractivity contribution < 1.29 is 38.8 Å². The van der Waals surface area contributed by atoms with E-state index in [1.807, 2.05) is 0 Å². The van der Waals surface area contributed by atoms with Gasteiger partial charge < -0.3 is 0 Å². The largest absolute Gasteiger partial charge is 0.471 e. The van der Waals surface area contributed by atoms with Gasteiger partial charge in [0.05, 0.1) is 4.90 Å². The van der Waals surface area contributed by atoms with Crippen molar-refractivity contribution in [1.29, 1.82) is 0 Å². The second-order valence-electron chi connectivity index (χ2n) is 3.92. The Morgan fingerprint density at radius 2 is 1.33 bits per heavy atom. The molecule has 120 valence electrons. The summed E-state index contributed by atoms with van der Waals surface area (Å²) in [5, 5.41) is -6.25. The maximum atomic E-state index is 12.8. The van der Waals surface area contributed by atoms with Crippen LogP contribution in [0.2, 0.25) is 0 Å². The van der Waals surface area contributed by atoms with Crippen LogP contribution in [0.4, 0.5) is 22.0 Å². The molecule has 0 heterocycles.